The molecule has 0 spiro atoms. The summed E-state index contributed by atoms with van der Waals surface area (Å²) in [5.41, 5.74) is 0. The molecule has 0 unspecified atom stereocenters. The average molecular weight is 343 g/mol. The molecule has 6 heteroatoms. The molecule has 5 nitrogen and oxygen atoms in total. The van der Waals surface area contributed by atoms with E-state index >= 15 is 0 Å². The number of nitrogens with zero attached hydrogens (tertiary/aromatic N) is 2. The van der Waals surface area contributed by atoms with Crippen LogP contribution >= 0.6 is 0 Å². The average Bonchev–Trinajstić information content (AvgIpc) is 2.55. The molecule has 132 valence electrons. The molecule has 0 aromatic rings. The Hall–Kier alpha value is -0.880. The Morgan fingerprint density at radius 2 is 1.91 bits per heavy atom. The SMILES string of the molecule is C=CCN(CC1CCCCC1)S(=O)(=O)[C@H]1CCCN(C(C)=O)C1. The lowest BCUT2D eigenvalue weighted by Gasteiger charge is -2.36. The number of sulfonamides is 1. The Bertz CT molecular complexity index is 512. The third kappa shape index (κ3) is 4.80. The molecule has 0 aromatic heterocycles. The molecule has 0 bridgehead atoms. The summed E-state index contributed by atoms with van der Waals surface area (Å²) in [6.07, 6.45) is 8.98. The first kappa shape index (κ1) is 18.5. The Morgan fingerprint density at radius 3 is 2.52 bits per heavy atom. The van der Waals surface area contributed by atoms with Gasteiger partial charge < -0.3 is 4.90 Å². The third-order valence-electron chi connectivity index (χ3n) is 5.12. The highest BCUT2D eigenvalue weighted by atomic mass is 32.2. The van der Waals surface area contributed by atoms with Gasteiger partial charge in [0.2, 0.25) is 15.9 Å². The summed E-state index contributed by atoms with van der Waals surface area (Å²) in [7, 11) is -3.38. The topological polar surface area (TPSA) is 57.7 Å². The zero-order chi connectivity index (χ0) is 16.9. The Kier molecular flexibility index (Phi) is 6.65. The summed E-state index contributed by atoms with van der Waals surface area (Å²) in [6, 6.07) is 0. The number of hydrogen-bond donors (Lipinski definition) is 0. The Labute approximate surface area is 140 Å². The van der Waals surface area contributed by atoms with Gasteiger partial charge in [-0.2, -0.15) is 4.31 Å². The summed E-state index contributed by atoms with van der Waals surface area (Å²) < 4.78 is 27.7. The fraction of sp³-hybridized carbons (Fsp3) is 0.824. The normalized spacial score (nSPS) is 23.9. The van der Waals surface area contributed by atoms with Crippen molar-refractivity contribution < 1.29 is 13.2 Å². The molecule has 23 heavy (non-hydrogen) atoms. The van der Waals surface area contributed by atoms with Crippen LogP contribution in [-0.4, -0.2) is 55.0 Å². The van der Waals surface area contributed by atoms with Crippen molar-refractivity contribution in [3.05, 3.63) is 12.7 Å². The van der Waals surface area contributed by atoms with E-state index in [9.17, 15) is 13.2 Å². The minimum Gasteiger partial charge on any atom is -0.342 e. The van der Waals surface area contributed by atoms with Crippen LogP contribution in [0, 0.1) is 5.92 Å². The minimum atomic E-state index is -3.38. The van der Waals surface area contributed by atoms with Crippen LogP contribution in [0.2, 0.25) is 0 Å². The minimum absolute atomic E-state index is 0.0348. The number of amides is 1. The molecule has 1 heterocycles. The number of carbonyl (C=O) groups excluding carboxylic acids is 1. The summed E-state index contributed by atoms with van der Waals surface area (Å²) in [4.78, 5) is 13.3. The van der Waals surface area contributed by atoms with Crippen molar-refractivity contribution in [1.29, 1.82) is 0 Å². The highest BCUT2D eigenvalue weighted by Gasteiger charge is 2.36. The molecule has 1 saturated heterocycles. The molecule has 1 atom stereocenters. The second kappa shape index (κ2) is 8.29. The number of carbonyl (C=O) groups is 1. The molecule has 0 radical (unpaired) electrons. The number of rotatable bonds is 6. The Morgan fingerprint density at radius 1 is 1.22 bits per heavy atom. The van der Waals surface area contributed by atoms with Gasteiger partial charge in [0.15, 0.2) is 0 Å². The molecule has 0 aromatic carbocycles. The first-order valence-electron chi connectivity index (χ1n) is 8.80. The predicted molar refractivity (Wildman–Crippen MR) is 92.5 cm³/mol. The quantitative estimate of drug-likeness (QED) is 0.697. The summed E-state index contributed by atoms with van der Waals surface area (Å²) in [5, 5.41) is -0.469. The first-order chi connectivity index (χ1) is 10.9. The lowest BCUT2D eigenvalue weighted by Crippen LogP contribution is -2.50. The summed E-state index contributed by atoms with van der Waals surface area (Å²) >= 11 is 0. The van der Waals surface area contributed by atoms with Crippen molar-refractivity contribution in [2.24, 2.45) is 5.92 Å². The second-order valence-corrected chi connectivity index (χ2v) is 9.10. The van der Waals surface area contributed by atoms with Crippen LogP contribution in [0.4, 0.5) is 0 Å². The van der Waals surface area contributed by atoms with E-state index in [-0.39, 0.29) is 5.91 Å². The van der Waals surface area contributed by atoms with Crippen LogP contribution in [0.5, 0.6) is 0 Å². The van der Waals surface area contributed by atoms with Crippen molar-refractivity contribution >= 4 is 15.9 Å². The van der Waals surface area contributed by atoms with Gasteiger partial charge in [-0.15, -0.1) is 6.58 Å². The molecule has 2 aliphatic rings. The van der Waals surface area contributed by atoms with Gasteiger partial charge in [0, 0.05) is 33.1 Å². The van der Waals surface area contributed by atoms with Crippen LogP contribution < -0.4 is 0 Å². The summed E-state index contributed by atoms with van der Waals surface area (Å²) in [5.74, 6) is 0.429. The molecule has 1 aliphatic heterocycles. The molecule has 1 saturated carbocycles. The van der Waals surface area contributed by atoms with Crippen molar-refractivity contribution in [3.63, 3.8) is 0 Å². The van der Waals surface area contributed by atoms with E-state index in [1.165, 1.54) is 26.2 Å². The van der Waals surface area contributed by atoms with Crippen molar-refractivity contribution in [2.75, 3.05) is 26.2 Å². The lowest BCUT2D eigenvalue weighted by molar-refractivity contribution is -0.129. The van der Waals surface area contributed by atoms with Gasteiger partial charge in [-0.05, 0) is 31.6 Å². The molecule has 1 amide bonds. The van der Waals surface area contributed by atoms with Crippen molar-refractivity contribution in [1.82, 2.24) is 9.21 Å². The van der Waals surface area contributed by atoms with E-state index in [1.54, 1.807) is 15.3 Å². The maximum absolute atomic E-state index is 13.1. The third-order valence-corrected chi connectivity index (χ3v) is 7.37. The van der Waals surface area contributed by atoms with Crippen LogP contribution in [0.1, 0.15) is 51.9 Å². The number of likely N-dealkylation sites (tertiary alicyclic amines) is 1. The highest BCUT2D eigenvalue weighted by molar-refractivity contribution is 7.89. The maximum Gasteiger partial charge on any atom is 0.219 e. The number of hydrogen-bond acceptors (Lipinski definition) is 3. The first-order valence-corrected chi connectivity index (χ1v) is 10.3. The monoisotopic (exact) mass is 342 g/mol. The lowest BCUT2D eigenvalue weighted by atomic mass is 9.89. The van der Waals surface area contributed by atoms with E-state index < -0.39 is 15.3 Å². The Balaban J connectivity index is 2.08. The van der Waals surface area contributed by atoms with E-state index in [0.29, 0.717) is 38.5 Å². The summed E-state index contributed by atoms with van der Waals surface area (Å²) in [6.45, 7) is 7.21. The van der Waals surface area contributed by atoms with Crippen molar-refractivity contribution in [3.8, 4) is 0 Å². The van der Waals surface area contributed by atoms with Gasteiger partial charge in [-0.3, -0.25) is 4.79 Å². The molecule has 2 rings (SSSR count). The van der Waals surface area contributed by atoms with Crippen molar-refractivity contribution in [2.45, 2.75) is 57.1 Å². The molecule has 2 fully saturated rings. The van der Waals surface area contributed by atoms with E-state index in [2.05, 4.69) is 6.58 Å². The fourth-order valence-electron chi connectivity index (χ4n) is 3.76. The zero-order valence-electron chi connectivity index (χ0n) is 14.2. The van der Waals surface area contributed by atoms with Gasteiger partial charge >= 0.3 is 0 Å². The second-order valence-electron chi connectivity index (χ2n) is 6.88. The smallest absolute Gasteiger partial charge is 0.219 e. The van der Waals surface area contributed by atoms with Crippen LogP contribution in [0.15, 0.2) is 12.7 Å². The number of piperidine rings is 1. The van der Waals surface area contributed by atoms with E-state index in [0.717, 1.165) is 19.3 Å². The molecular formula is C17H30N2O3S. The zero-order valence-corrected chi connectivity index (χ0v) is 15.1. The van der Waals surface area contributed by atoms with Gasteiger partial charge in [0.25, 0.3) is 0 Å². The van der Waals surface area contributed by atoms with Gasteiger partial charge in [-0.25, -0.2) is 8.42 Å². The van der Waals surface area contributed by atoms with Gasteiger partial charge in [0.05, 0.1) is 5.25 Å². The van der Waals surface area contributed by atoms with Crippen LogP contribution in [-0.2, 0) is 14.8 Å². The fourth-order valence-corrected chi connectivity index (χ4v) is 5.75. The standard InChI is InChI=1S/C17H30N2O3S/c1-3-11-19(13-16-8-5-4-6-9-16)23(21,22)17-10-7-12-18(14-17)15(2)20/h3,16-17H,1,4-14H2,2H3/t17-/m0/s1. The predicted octanol–water partition coefficient (Wildman–Crippen LogP) is 2.40. The van der Waals surface area contributed by atoms with E-state index in [1.807, 2.05) is 0 Å². The largest absolute Gasteiger partial charge is 0.342 e. The van der Waals surface area contributed by atoms with Crippen LogP contribution in [0.3, 0.4) is 0 Å². The highest BCUT2D eigenvalue weighted by Crippen LogP contribution is 2.27. The molecule has 1 aliphatic carbocycles. The molecule has 0 N–H and O–H groups in total. The maximum atomic E-state index is 13.1. The van der Waals surface area contributed by atoms with Gasteiger partial charge in [-0.1, -0.05) is 25.3 Å². The van der Waals surface area contributed by atoms with Gasteiger partial charge in [0.1, 0.15) is 0 Å². The van der Waals surface area contributed by atoms with Crippen LogP contribution in [0.25, 0.3) is 0 Å². The van der Waals surface area contributed by atoms with E-state index in [4.69, 9.17) is 0 Å². The molecular weight excluding hydrogens is 312 g/mol.